The summed E-state index contributed by atoms with van der Waals surface area (Å²) in [5.74, 6) is 0.392. The van der Waals surface area contributed by atoms with E-state index in [-0.39, 0.29) is 0 Å². The molecule has 0 radical (unpaired) electrons. The second kappa shape index (κ2) is 7.01. The van der Waals surface area contributed by atoms with Crippen molar-refractivity contribution in [3.63, 3.8) is 0 Å². The normalized spacial score (nSPS) is 21.8. The van der Waals surface area contributed by atoms with Crippen molar-refractivity contribution in [2.45, 2.75) is 65.0 Å². The molecule has 136 valence electrons. The molecule has 1 saturated heterocycles. The van der Waals surface area contributed by atoms with Gasteiger partial charge in [-0.1, -0.05) is 0 Å². The summed E-state index contributed by atoms with van der Waals surface area (Å²) in [6.45, 7) is 11.8. The van der Waals surface area contributed by atoms with Crippen LogP contribution >= 0.6 is 15.9 Å². The maximum atomic E-state index is 12.7. The summed E-state index contributed by atoms with van der Waals surface area (Å²) < 4.78 is 23.2. The lowest BCUT2D eigenvalue weighted by Crippen LogP contribution is -2.51. The zero-order chi connectivity index (χ0) is 18.1. The number of carbonyl (C=O) groups is 1. The third-order valence-electron chi connectivity index (χ3n) is 3.54. The van der Waals surface area contributed by atoms with Gasteiger partial charge in [-0.3, -0.25) is 4.90 Å². The summed E-state index contributed by atoms with van der Waals surface area (Å²) in [5.41, 5.74) is -1.42. The number of halogens is 1. The van der Waals surface area contributed by atoms with E-state index < -0.39 is 29.6 Å². The molecule has 0 spiro atoms. The van der Waals surface area contributed by atoms with Gasteiger partial charge in [0.15, 0.2) is 10.8 Å². The van der Waals surface area contributed by atoms with Crippen LogP contribution in [0.4, 0.5) is 4.79 Å². The van der Waals surface area contributed by atoms with Crippen molar-refractivity contribution in [1.82, 2.24) is 9.88 Å². The van der Waals surface area contributed by atoms with Crippen molar-refractivity contribution < 1.29 is 23.4 Å². The van der Waals surface area contributed by atoms with Crippen molar-refractivity contribution in [3.8, 4) is 0 Å². The molecule has 0 bridgehead atoms. The lowest BCUT2D eigenvalue weighted by Gasteiger charge is -2.36. The number of hydrogen-bond donors (Lipinski definition) is 0. The van der Waals surface area contributed by atoms with Crippen LogP contribution in [0.1, 0.15) is 53.5 Å². The molecular formula is C16H25BrN2O5. The predicted molar refractivity (Wildman–Crippen MR) is 90.5 cm³/mol. The monoisotopic (exact) mass is 404 g/mol. The third kappa shape index (κ3) is 4.29. The Balaban J connectivity index is 2.32. The van der Waals surface area contributed by atoms with Gasteiger partial charge in [-0.2, -0.15) is 0 Å². The van der Waals surface area contributed by atoms with Gasteiger partial charge >= 0.3 is 6.09 Å². The number of rotatable bonds is 4. The number of oxazole rings is 1. The van der Waals surface area contributed by atoms with E-state index in [4.69, 9.17) is 18.6 Å². The van der Waals surface area contributed by atoms with E-state index in [2.05, 4.69) is 20.9 Å². The molecule has 8 heteroatoms. The molecular weight excluding hydrogens is 380 g/mol. The molecule has 1 aromatic rings. The highest BCUT2D eigenvalue weighted by Gasteiger charge is 2.50. The van der Waals surface area contributed by atoms with Gasteiger partial charge in [-0.05, 0) is 57.5 Å². The van der Waals surface area contributed by atoms with Gasteiger partial charge < -0.3 is 18.6 Å². The molecule has 0 aliphatic carbocycles. The highest BCUT2D eigenvalue weighted by molar-refractivity contribution is 9.10. The summed E-state index contributed by atoms with van der Waals surface area (Å²) in [6.07, 6.45) is 0.557. The van der Waals surface area contributed by atoms with Crippen LogP contribution in [0.3, 0.4) is 0 Å². The molecule has 0 aromatic carbocycles. The maximum absolute atomic E-state index is 12.7. The van der Waals surface area contributed by atoms with Crippen LogP contribution in [0.15, 0.2) is 15.3 Å². The summed E-state index contributed by atoms with van der Waals surface area (Å²) in [5, 5.41) is 0. The molecule has 2 rings (SSSR count). The van der Waals surface area contributed by atoms with Gasteiger partial charge in [0.2, 0.25) is 5.89 Å². The van der Waals surface area contributed by atoms with Crippen molar-refractivity contribution in [3.05, 3.63) is 16.8 Å². The van der Waals surface area contributed by atoms with Crippen molar-refractivity contribution in [2.75, 3.05) is 13.2 Å². The zero-order valence-electron chi connectivity index (χ0n) is 15.0. The Kier molecular flexibility index (Phi) is 5.61. The first-order chi connectivity index (χ1) is 11.0. The van der Waals surface area contributed by atoms with Crippen molar-refractivity contribution in [1.29, 1.82) is 0 Å². The fraction of sp³-hybridized carbons (Fsp3) is 0.750. The number of carbonyl (C=O) groups excluding carboxylic acids is 1. The SMILES string of the molecule is CCOC(c1ncc(Br)o1)[C@H]1COC(C)(C)N1C(=O)OC(C)(C)C. The lowest BCUT2D eigenvalue weighted by atomic mass is 10.1. The van der Waals surface area contributed by atoms with Crippen molar-refractivity contribution >= 4 is 22.0 Å². The second-order valence-electron chi connectivity index (χ2n) is 7.05. The number of hydrogen-bond acceptors (Lipinski definition) is 6. The minimum Gasteiger partial charge on any atom is -0.444 e. The molecule has 7 nitrogen and oxygen atoms in total. The van der Waals surface area contributed by atoms with E-state index in [1.54, 1.807) is 11.1 Å². The molecule has 1 amide bonds. The number of ether oxygens (including phenoxy) is 3. The second-order valence-corrected chi connectivity index (χ2v) is 7.84. The topological polar surface area (TPSA) is 74.0 Å². The highest BCUT2D eigenvalue weighted by atomic mass is 79.9. The van der Waals surface area contributed by atoms with E-state index in [1.165, 1.54) is 0 Å². The van der Waals surface area contributed by atoms with Gasteiger partial charge in [0.05, 0.1) is 18.8 Å². The van der Waals surface area contributed by atoms with Crippen LogP contribution in [-0.4, -0.2) is 46.6 Å². The van der Waals surface area contributed by atoms with Crippen LogP contribution in [-0.2, 0) is 14.2 Å². The van der Waals surface area contributed by atoms with Gasteiger partial charge in [-0.15, -0.1) is 0 Å². The lowest BCUT2D eigenvalue weighted by molar-refractivity contribution is -0.0746. The molecule has 0 saturated carbocycles. The van der Waals surface area contributed by atoms with Crippen molar-refractivity contribution in [2.24, 2.45) is 0 Å². The molecule has 1 aliphatic rings. The van der Waals surface area contributed by atoms with Gasteiger partial charge in [0, 0.05) is 6.61 Å². The average Bonchev–Trinajstić information content (AvgIpc) is 2.97. The quantitative estimate of drug-likeness (QED) is 0.757. The molecule has 1 aliphatic heterocycles. The molecule has 1 aromatic heterocycles. The smallest absolute Gasteiger partial charge is 0.413 e. The highest BCUT2D eigenvalue weighted by Crippen LogP contribution is 2.37. The fourth-order valence-electron chi connectivity index (χ4n) is 2.65. The van der Waals surface area contributed by atoms with E-state index in [0.717, 1.165) is 0 Å². The van der Waals surface area contributed by atoms with Crippen LogP contribution in [0.25, 0.3) is 0 Å². The van der Waals surface area contributed by atoms with Gasteiger partial charge in [-0.25, -0.2) is 9.78 Å². The first-order valence-corrected chi connectivity index (χ1v) is 8.73. The largest absolute Gasteiger partial charge is 0.444 e. The van der Waals surface area contributed by atoms with Crippen LogP contribution in [0.2, 0.25) is 0 Å². The Labute approximate surface area is 150 Å². The summed E-state index contributed by atoms with van der Waals surface area (Å²) in [6, 6.07) is -0.402. The first kappa shape index (κ1) is 19.2. The standard InChI is InChI=1S/C16H25BrN2O5/c1-7-21-12(13-18-8-11(17)23-13)10-9-22-16(5,6)19(10)14(20)24-15(2,3)4/h8,10,12H,7,9H2,1-6H3/t10-,12?/m1/s1. The number of amides is 1. The first-order valence-electron chi connectivity index (χ1n) is 7.94. The zero-order valence-corrected chi connectivity index (χ0v) is 16.5. The van der Waals surface area contributed by atoms with Crippen LogP contribution in [0.5, 0.6) is 0 Å². The Hall–Kier alpha value is -1.12. The van der Waals surface area contributed by atoms with Crippen LogP contribution in [0, 0.1) is 0 Å². The Morgan fingerprint density at radius 2 is 2.21 bits per heavy atom. The maximum Gasteiger partial charge on any atom is 0.413 e. The minimum atomic E-state index is -0.813. The molecule has 1 fully saturated rings. The summed E-state index contributed by atoms with van der Waals surface area (Å²) in [4.78, 5) is 18.5. The van der Waals surface area contributed by atoms with Gasteiger partial charge in [0.1, 0.15) is 11.3 Å². The Morgan fingerprint density at radius 3 is 2.71 bits per heavy atom. The Morgan fingerprint density at radius 1 is 1.54 bits per heavy atom. The van der Waals surface area contributed by atoms with E-state index in [0.29, 0.717) is 23.8 Å². The van der Waals surface area contributed by atoms with E-state index >= 15 is 0 Å². The molecule has 24 heavy (non-hydrogen) atoms. The molecule has 2 heterocycles. The fourth-order valence-corrected chi connectivity index (χ4v) is 2.92. The Bertz CT molecular complexity index is 581. The number of aromatic nitrogens is 1. The predicted octanol–water partition coefficient (Wildman–Crippen LogP) is 3.89. The average molecular weight is 405 g/mol. The summed E-state index contributed by atoms with van der Waals surface area (Å²) in [7, 11) is 0. The third-order valence-corrected chi connectivity index (χ3v) is 3.91. The van der Waals surface area contributed by atoms with E-state index in [9.17, 15) is 4.79 Å². The van der Waals surface area contributed by atoms with Crippen LogP contribution < -0.4 is 0 Å². The van der Waals surface area contributed by atoms with E-state index in [1.807, 2.05) is 41.5 Å². The van der Waals surface area contributed by atoms with Gasteiger partial charge in [0.25, 0.3) is 0 Å². The summed E-state index contributed by atoms with van der Waals surface area (Å²) >= 11 is 3.25. The minimum absolute atomic E-state index is 0.302. The number of nitrogens with zero attached hydrogens (tertiary/aromatic N) is 2. The molecule has 2 atom stereocenters. The molecule has 0 N–H and O–H groups in total. The molecule has 1 unspecified atom stereocenters.